The van der Waals surface area contributed by atoms with Crippen LogP contribution < -0.4 is 16.0 Å². The Hall–Kier alpha value is -1.06. The Morgan fingerprint density at radius 2 is 2.12 bits per heavy atom. The quantitative estimate of drug-likeness (QED) is 0.594. The van der Waals surface area contributed by atoms with E-state index in [0.717, 1.165) is 12.2 Å². The molecule has 16 heavy (non-hydrogen) atoms. The standard InChI is InChI=1S/C13H22N2O/c1-5-9(2)13(15-14)12-7-6-11(16-4)8-10(12)3/h6-9,13,15H,5,14H2,1-4H3. The van der Waals surface area contributed by atoms with E-state index in [9.17, 15) is 0 Å². The molecule has 0 saturated carbocycles. The van der Waals surface area contributed by atoms with Gasteiger partial charge >= 0.3 is 0 Å². The van der Waals surface area contributed by atoms with Gasteiger partial charge < -0.3 is 4.74 Å². The highest BCUT2D eigenvalue weighted by Gasteiger charge is 2.18. The summed E-state index contributed by atoms with van der Waals surface area (Å²) in [6.07, 6.45) is 1.10. The van der Waals surface area contributed by atoms with Gasteiger partial charge in [0.25, 0.3) is 0 Å². The van der Waals surface area contributed by atoms with Crippen LogP contribution in [0.25, 0.3) is 0 Å². The van der Waals surface area contributed by atoms with E-state index in [4.69, 9.17) is 10.6 Å². The van der Waals surface area contributed by atoms with Crippen LogP contribution in [-0.2, 0) is 0 Å². The summed E-state index contributed by atoms with van der Waals surface area (Å²) in [5.41, 5.74) is 5.37. The summed E-state index contributed by atoms with van der Waals surface area (Å²) in [5, 5.41) is 0. The third kappa shape index (κ3) is 2.74. The zero-order valence-corrected chi connectivity index (χ0v) is 10.6. The van der Waals surface area contributed by atoms with Crippen LogP contribution in [0.5, 0.6) is 5.75 Å². The van der Waals surface area contributed by atoms with Crippen LogP contribution in [0.1, 0.15) is 37.4 Å². The molecule has 0 heterocycles. The molecule has 0 aliphatic heterocycles. The van der Waals surface area contributed by atoms with Gasteiger partial charge in [0.05, 0.1) is 7.11 Å². The SMILES string of the molecule is CCC(C)C(NN)c1ccc(OC)cc1C. The second-order valence-electron chi connectivity index (χ2n) is 4.25. The van der Waals surface area contributed by atoms with Crippen molar-refractivity contribution in [2.45, 2.75) is 33.2 Å². The number of hydrogen-bond donors (Lipinski definition) is 2. The van der Waals surface area contributed by atoms with Crippen LogP contribution in [0.3, 0.4) is 0 Å². The van der Waals surface area contributed by atoms with Gasteiger partial charge in [-0.3, -0.25) is 11.3 Å². The number of aryl methyl sites for hydroxylation is 1. The first-order chi connectivity index (χ1) is 7.63. The first-order valence-corrected chi connectivity index (χ1v) is 5.74. The average Bonchev–Trinajstić information content (AvgIpc) is 2.31. The number of benzene rings is 1. The molecule has 2 atom stereocenters. The van der Waals surface area contributed by atoms with Gasteiger partial charge in [-0.15, -0.1) is 0 Å². The van der Waals surface area contributed by atoms with Crippen molar-refractivity contribution in [3.05, 3.63) is 29.3 Å². The molecule has 0 fully saturated rings. The normalized spacial score (nSPS) is 14.6. The highest BCUT2D eigenvalue weighted by atomic mass is 16.5. The molecule has 2 unspecified atom stereocenters. The van der Waals surface area contributed by atoms with Gasteiger partial charge in [-0.25, -0.2) is 0 Å². The molecule has 0 aliphatic rings. The number of hydrazine groups is 1. The van der Waals surface area contributed by atoms with E-state index in [0.29, 0.717) is 5.92 Å². The van der Waals surface area contributed by atoms with Gasteiger partial charge in [0.1, 0.15) is 5.75 Å². The maximum Gasteiger partial charge on any atom is 0.119 e. The van der Waals surface area contributed by atoms with Crippen molar-refractivity contribution in [2.75, 3.05) is 7.11 Å². The van der Waals surface area contributed by atoms with Crippen LogP contribution in [0.4, 0.5) is 0 Å². The van der Waals surface area contributed by atoms with Gasteiger partial charge in [0.2, 0.25) is 0 Å². The fraction of sp³-hybridized carbons (Fsp3) is 0.538. The van der Waals surface area contributed by atoms with E-state index in [1.807, 2.05) is 12.1 Å². The number of nitrogens with two attached hydrogens (primary N) is 1. The molecule has 1 aromatic carbocycles. The summed E-state index contributed by atoms with van der Waals surface area (Å²) in [4.78, 5) is 0. The monoisotopic (exact) mass is 222 g/mol. The molecular weight excluding hydrogens is 200 g/mol. The summed E-state index contributed by atoms with van der Waals surface area (Å²) < 4.78 is 5.20. The molecule has 0 spiro atoms. The van der Waals surface area contributed by atoms with Gasteiger partial charge in [-0.1, -0.05) is 26.3 Å². The maximum absolute atomic E-state index is 5.64. The molecule has 0 amide bonds. The van der Waals surface area contributed by atoms with Crippen LogP contribution >= 0.6 is 0 Å². The molecule has 0 aliphatic carbocycles. The largest absolute Gasteiger partial charge is 0.497 e. The molecule has 1 aromatic rings. The van der Waals surface area contributed by atoms with E-state index in [1.54, 1.807) is 7.11 Å². The van der Waals surface area contributed by atoms with Crippen LogP contribution in [0.15, 0.2) is 18.2 Å². The number of rotatable bonds is 5. The Morgan fingerprint density at radius 1 is 1.44 bits per heavy atom. The summed E-state index contributed by atoms with van der Waals surface area (Å²) >= 11 is 0. The minimum atomic E-state index is 0.205. The number of hydrogen-bond acceptors (Lipinski definition) is 3. The van der Waals surface area contributed by atoms with Crippen molar-refractivity contribution in [1.82, 2.24) is 5.43 Å². The van der Waals surface area contributed by atoms with Gasteiger partial charge in [0, 0.05) is 6.04 Å². The summed E-state index contributed by atoms with van der Waals surface area (Å²) in [6.45, 7) is 6.46. The van der Waals surface area contributed by atoms with Crippen LogP contribution in [0.2, 0.25) is 0 Å². The third-order valence-electron chi connectivity index (χ3n) is 3.20. The smallest absolute Gasteiger partial charge is 0.119 e. The van der Waals surface area contributed by atoms with Crippen molar-refractivity contribution >= 4 is 0 Å². The molecule has 0 saturated heterocycles. The zero-order chi connectivity index (χ0) is 12.1. The molecule has 0 bridgehead atoms. The average molecular weight is 222 g/mol. The second-order valence-corrected chi connectivity index (χ2v) is 4.25. The summed E-state index contributed by atoms with van der Waals surface area (Å²) in [7, 11) is 1.68. The first-order valence-electron chi connectivity index (χ1n) is 5.74. The number of ether oxygens (including phenoxy) is 1. The molecule has 0 aromatic heterocycles. The van der Waals surface area contributed by atoms with Gasteiger partial charge in [0.15, 0.2) is 0 Å². The van der Waals surface area contributed by atoms with Crippen molar-refractivity contribution < 1.29 is 4.74 Å². The lowest BCUT2D eigenvalue weighted by atomic mass is 9.90. The molecule has 3 heteroatoms. The minimum absolute atomic E-state index is 0.205. The molecule has 1 rings (SSSR count). The Kier molecular flexibility index (Phi) is 4.77. The van der Waals surface area contributed by atoms with E-state index >= 15 is 0 Å². The molecule has 3 N–H and O–H groups in total. The number of methoxy groups -OCH3 is 1. The van der Waals surface area contributed by atoms with Gasteiger partial charge in [-0.2, -0.15) is 0 Å². The fourth-order valence-corrected chi connectivity index (χ4v) is 1.92. The lowest BCUT2D eigenvalue weighted by Crippen LogP contribution is -2.32. The first kappa shape index (κ1) is 13.0. The Balaban J connectivity index is 3.01. The van der Waals surface area contributed by atoms with Crippen LogP contribution in [0, 0.1) is 12.8 Å². The van der Waals surface area contributed by atoms with Crippen molar-refractivity contribution in [2.24, 2.45) is 11.8 Å². The molecule has 90 valence electrons. The van der Waals surface area contributed by atoms with E-state index in [2.05, 4.69) is 32.3 Å². The van der Waals surface area contributed by atoms with Crippen molar-refractivity contribution in [3.63, 3.8) is 0 Å². The molecule has 3 nitrogen and oxygen atoms in total. The Morgan fingerprint density at radius 3 is 2.56 bits per heavy atom. The lowest BCUT2D eigenvalue weighted by Gasteiger charge is -2.24. The minimum Gasteiger partial charge on any atom is -0.497 e. The molecular formula is C13H22N2O. The highest BCUT2D eigenvalue weighted by molar-refractivity contribution is 5.36. The summed E-state index contributed by atoms with van der Waals surface area (Å²) in [6, 6.07) is 6.32. The highest BCUT2D eigenvalue weighted by Crippen LogP contribution is 2.28. The van der Waals surface area contributed by atoms with Crippen molar-refractivity contribution in [1.29, 1.82) is 0 Å². The van der Waals surface area contributed by atoms with Crippen molar-refractivity contribution in [3.8, 4) is 5.75 Å². The predicted octanol–water partition coefficient (Wildman–Crippen LogP) is 2.55. The molecule has 0 radical (unpaired) electrons. The van der Waals surface area contributed by atoms with Crippen LogP contribution in [-0.4, -0.2) is 7.11 Å². The third-order valence-corrected chi connectivity index (χ3v) is 3.20. The summed E-state index contributed by atoms with van der Waals surface area (Å²) in [5.74, 6) is 7.04. The van der Waals surface area contributed by atoms with Gasteiger partial charge in [-0.05, 0) is 36.1 Å². The Bertz CT molecular complexity index is 339. The fourth-order valence-electron chi connectivity index (χ4n) is 1.92. The van der Waals surface area contributed by atoms with E-state index in [1.165, 1.54) is 11.1 Å². The lowest BCUT2D eigenvalue weighted by molar-refractivity contribution is 0.380. The second kappa shape index (κ2) is 5.87. The van der Waals surface area contributed by atoms with E-state index in [-0.39, 0.29) is 6.04 Å². The zero-order valence-electron chi connectivity index (χ0n) is 10.6. The number of nitrogens with one attached hydrogen (secondary N) is 1. The topological polar surface area (TPSA) is 47.3 Å². The Labute approximate surface area is 98.0 Å². The maximum atomic E-state index is 5.64. The predicted molar refractivity (Wildman–Crippen MR) is 67.3 cm³/mol. The van der Waals surface area contributed by atoms with E-state index < -0.39 is 0 Å².